The SMILES string of the molecule is Cc1cccn2cc(C(=O)N3CCO[C@@H](c4cc(C(N)=O)c5ccccc5n4)C3)nc12. The summed E-state index contributed by atoms with van der Waals surface area (Å²) in [6.07, 6.45) is 3.16. The van der Waals surface area contributed by atoms with Crippen molar-refractivity contribution in [3.63, 3.8) is 0 Å². The van der Waals surface area contributed by atoms with E-state index in [9.17, 15) is 9.59 Å². The highest BCUT2D eigenvalue weighted by Gasteiger charge is 2.29. The summed E-state index contributed by atoms with van der Waals surface area (Å²) in [5, 5.41) is 0.697. The van der Waals surface area contributed by atoms with Gasteiger partial charge in [0.1, 0.15) is 17.4 Å². The monoisotopic (exact) mass is 415 g/mol. The van der Waals surface area contributed by atoms with E-state index in [0.29, 0.717) is 47.6 Å². The zero-order valence-electron chi connectivity index (χ0n) is 17.0. The second-order valence-corrected chi connectivity index (χ2v) is 7.63. The molecule has 1 aromatic carbocycles. The van der Waals surface area contributed by atoms with Gasteiger partial charge in [0.2, 0.25) is 5.91 Å². The molecule has 0 radical (unpaired) electrons. The Kier molecular flexibility index (Phi) is 4.63. The zero-order chi connectivity index (χ0) is 21.5. The number of carbonyl (C=O) groups is 2. The number of para-hydroxylation sites is 1. The first kappa shape index (κ1) is 19.2. The van der Waals surface area contributed by atoms with Crippen molar-refractivity contribution in [2.45, 2.75) is 13.0 Å². The number of benzene rings is 1. The molecule has 5 rings (SSSR count). The van der Waals surface area contributed by atoms with Crippen molar-refractivity contribution in [2.24, 2.45) is 5.73 Å². The zero-order valence-corrected chi connectivity index (χ0v) is 17.0. The summed E-state index contributed by atoms with van der Waals surface area (Å²) in [6.45, 7) is 3.10. The summed E-state index contributed by atoms with van der Waals surface area (Å²) in [5.41, 5.74) is 9.38. The predicted molar refractivity (Wildman–Crippen MR) is 115 cm³/mol. The number of rotatable bonds is 3. The Bertz CT molecular complexity index is 1330. The van der Waals surface area contributed by atoms with Crippen molar-refractivity contribution in [3.8, 4) is 0 Å². The number of nitrogens with two attached hydrogens (primary N) is 1. The molecular weight excluding hydrogens is 394 g/mol. The van der Waals surface area contributed by atoms with Crippen LogP contribution >= 0.6 is 0 Å². The van der Waals surface area contributed by atoms with E-state index in [0.717, 1.165) is 11.2 Å². The highest BCUT2D eigenvalue weighted by Crippen LogP contribution is 2.26. The summed E-state index contributed by atoms with van der Waals surface area (Å²) in [7, 11) is 0. The maximum Gasteiger partial charge on any atom is 0.274 e. The third kappa shape index (κ3) is 3.40. The van der Waals surface area contributed by atoms with E-state index >= 15 is 0 Å². The summed E-state index contributed by atoms with van der Waals surface area (Å²) in [6, 6.07) is 12.9. The van der Waals surface area contributed by atoms with Gasteiger partial charge in [-0.25, -0.2) is 9.97 Å². The normalized spacial score (nSPS) is 16.7. The van der Waals surface area contributed by atoms with E-state index < -0.39 is 12.0 Å². The van der Waals surface area contributed by atoms with Crippen LogP contribution in [0.25, 0.3) is 16.6 Å². The number of hydrogen-bond donors (Lipinski definition) is 1. The van der Waals surface area contributed by atoms with Gasteiger partial charge >= 0.3 is 0 Å². The van der Waals surface area contributed by atoms with E-state index in [2.05, 4.69) is 9.97 Å². The van der Waals surface area contributed by atoms with Gasteiger partial charge in [-0.15, -0.1) is 0 Å². The molecule has 4 aromatic rings. The Hall–Kier alpha value is -3.78. The van der Waals surface area contributed by atoms with Gasteiger partial charge in [0, 0.05) is 24.3 Å². The van der Waals surface area contributed by atoms with Crippen LogP contribution in [0.5, 0.6) is 0 Å². The van der Waals surface area contributed by atoms with Crippen molar-refractivity contribution in [3.05, 3.63) is 77.4 Å². The number of aromatic nitrogens is 3. The summed E-state index contributed by atoms with van der Waals surface area (Å²) < 4.78 is 7.76. The average Bonchev–Trinajstić information content (AvgIpc) is 3.23. The lowest BCUT2D eigenvalue weighted by Crippen LogP contribution is -2.42. The van der Waals surface area contributed by atoms with Crippen LogP contribution in [0.4, 0.5) is 0 Å². The van der Waals surface area contributed by atoms with Gasteiger partial charge in [-0.05, 0) is 30.7 Å². The Balaban J connectivity index is 1.45. The summed E-state index contributed by atoms with van der Waals surface area (Å²) in [5.74, 6) is -0.684. The molecule has 8 heteroatoms. The number of carbonyl (C=O) groups excluding carboxylic acids is 2. The number of fused-ring (bicyclic) bond motifs is 2. The quantitative estimate of drug-likeness (QED) is 0.554. The van der Waals surface area contributed by atoms with Gasteiger partial charge in [0.15, 0.2) is 0 Å². The molecule has 0 spiro atoms. The van der Waals surface area contributed by atoms with Crippen molar-refractivity contribution >= 4 is 28.4 Å². The van der Waals surface area contributed by atoms with E-state index in [1.54, 1.807) is 17.2 Å². The molecule has 1 saturated heterocycles. The molecular formula is C23H21N5O3. The van der Waals surface area contributed by atoms with Crippen LogP contribution in [0.15, 0.2) is 54.9 Å². The van der Waals surface area contributed by atoms with Crippen molar-refractivity contribution < 1.29 is 14.3 Å². The fourth-order valence-electron chi connectivity index (χ4n) is 4.00. The van der Waals surface area contributed by atoms with Crippen LogP contribution < -0.4 is 5.73 Å². The average molecular weight is 415 g/mol. The van der Waals surface area contributed by atoms with Crippen LogP contribution in [0.2, 0.25) is 0 Å². The number of aryl methyl sites for hydroxylation is 1. The van der Waals surface area contributed by atoms with Crippen molar-refractivity contribution in [1.29, 1.82) is 0 Å². The molecule has 0 aliphatic carbocycles. The molecule has 156 valence electrons. The molecule has 0 saturated carbocycles. The van der Waals surface area contributed by atoms with Crippen LogP contribution in [-0.4, -0.2) is 50.8 Å². The summed E-state index contributed by atoms with van der Waals surface area (Å²) in [4.78, 5) is 36.0. The van der Waals surface area contributed by atoms with Crippen LogP contribution in [0.1, 0.15) is 38.2 Å². The van der Waals surface area contributed by atoms with E-state index in [4.69, 9.17) is 10.5 Å². The van der Waals surface area contributed by atoms with Gasteiger partial charge in [-0.2, -0.15) is 0 Å². The number of imidazole rings is 1. The third-order valence-corrected chi connectivity index (χ3v) is 5.58. The van der Waals surface area contributed by atoms with Gasteiger partial charge < -0.3 is 19.8 Å². The van der Waals surface area contributed by atoms with E-state index in [-0.39, 0.29) is 5.91 Å². The lowest BCUT2D eigenvalue weighted by Gasteiger charge is -2.32. The van der Waals surface area contributed by atoms with Gasteiger partial charge in [0.25, 0.3) is 5.91 Å². The van der Waals surface area contributed by atoms with Crippen LogP contribution in [-0.2, 0) is 4.74 Å². The largest absolute Gasteiger partial charge is 0.368 e. The highest BCUT2D eigenvalue weighted by molar-refractivity contribution is 6.05. The lowest BCUT2D eigenvalue weighted by molar-refractivity contribution is -0.0247. The first-order chi connectivity index (χ1) is 15.0. The topological polar surface area (TPSA) is 103 Å². The molecule has 2 amide bonds. The van der Waals surface area contributed by atoms with E-state index in [1.807, 2.05) is 53.9 Å². The number of amides is 2. The molecule has 1 aliphatic rings. The van der Waals surface area contributed by atoms with E-state index in [1.165, 1.54) is 0 Å². The highest BCUT2D eigenvalue weighted by atomic mass is 16.5. The number of nitrogens with zero attached hydrogens (tertiary/aromatic N) is 4. The molecule has 0 unspecified atom stereocenters. The molecule has 1 atom stereocenters. The minimum Gasteiger partial charge on any atom is -0.368 e. The maximum atomic E-state index is 13.1. The minimum atomic E-state index is -0.524. The second kappa shape index (κ2) is 7.48. The number of primary amides is 1. The first-order valence-electron chi connectivity index (χ1n) is 10.1. The smallest absolute Gasteiger partial charge is 0.274 e. The predicted octanol–water partition coefficient (Wildman–Crippen LogP) is 2.50. The fourth-order valence-corrected chi connectivity index (χ4v) is 4.00. The van der Waals surface area contributed by atoms with Crippen LogP contribution in [0.3, 0.4) is 0 Å². The summed E-state index contributed by atoms with van der Waals surface area (Å²) >= 11 is 0. The molecule has 0 bridgehead atoms. The van der Waals surface area contributed by atoms with Crippen molar-refractivity contribution in [1.82, 2.24) is 19.3 Å². The first-order valence-corrected chi connectivity index (χ1v) is 10.1. The van der Waals surface area contributed by atoms with Gasteiger partial charge in [-0.1, -0.05) is 24.3 Å². The van der Waals surface area contributed by atoms with Gasteiger partial charge in [0.05, 0.1) is 29.9 Å². The molecule has 8 nitrogen and oxygen atoms in total. The maximum absolute atomic E-state index is 13.1. The Morgan fingerprint density at radius 3 is 2.81 bits per heavy atom. The number of ether oxygens (including phenoxy) is 1. The van der Waals surface area contributed by atoms with Crippen LogP contribution in [0, 0.1) is 6.92 Å². The molecule has 3 aromatic heterocycles. The molecule has 1 aliphatic heterocycles. The third-order valence-electron chi connectivity index (χ3n) is 5.58. The van der Waals surface area contributed by atoms with Gasteiger partial charge in [-0.3, -0.25) is 9.59 Å². The standard InChI is InChI=1S/C23H21N5O3/c1-14-5-4-8-27-12-19(26-22(14)27)23(30)28-9-10-31-20(13-28)18-11-16(21(24)29)15-6-2-3-7-17(15)25-18/h2-8,11-12,20H,9-10,13H2,1H3,(H2,24,29)/t20-/m1/s1. The molecule has 4 heterocycles. The Labute approximate surface area is 178 Å². The number of morpholine rings is 1. The lowest BCUT2D eigenvalue weighted by atomic mass is 10.0. The Morgan fingerprint density at radius 1 is 1.16 bits per heavy atom. The Morgan fingerprint density at radius 2 is 2.00 bits per heavy atom. The number of pyridine rings is 2. The molecule has 1 fully saturated rings. The minimum absolute atomic E-state index is 0.160. The molecule has 31 heavy (non-hydrogen) atoms. The second-order valence-electron chi connectivity index (χ2n) is 7.63. The van der Waals surface area contributed by atoms with Crippen molar-refractivity contribution in [2.75, 3.05) is 19.7 Å². The fraction of sp³-hybridized carbons (Fsp3) is 0.217. The molecule has 2 N–H and O–H groups in total. The number of hydrogen-bond acceptors (Lipinski definition) is 5.